The van der Waals surface area contributed by atoms with Gasteiger partial charge in [-0.3, -0.25) is 4.98 Å². The number of rotatable bonds is 3. The summed E-state index contributed by atoms with van der Waals surface area (Å²) in [7, 11) is -3.91. The Kier molecular flexibility index (Phi) is 3.06. The van der Waals surface area contributed by atoms with E-state index >= 15 is 0 Å². The summed E-state index contributed by atoms with van der Waals surface area (Å²) in [6.07, 6.45) is 2.75. The van der Waals surface area contributed by atoms with Crippen molar-refractivity contribution in [2.75, 3.05) is 0 Å². The first-order valence-electron chi connectivity index (χ1n) is 6.89. The first-order valence-corrected chi connectivity index (χ1v) is 8.30. The SMILES string of the molecule is O=S(=O)(Oc1ccc2oc3ccccc3c2c1)c1cccnc1. The molecule has 0 aliphatic rings. The summed E-state index contributed by atoms with van der Waals surface area (Å²) >= 11 is 0. The molecule has 2 heterocycles. The fourth-order valence-corrected chi connectivity index (χ4v) is 3.32. The van der Waals surface area contributed by atoms with E-state index in [0.29, 0.717) is 5.58 Å². The summed E-state index contributed by atoms with van der Waals surface area (Å²) in [6.45, 7) is 0. The van der Waals surface area contributed by atoms with Crippen LogP contribution in [0.1, 0.15) is 0 Å². The molecule has 0 fully saturated rings. The number of para-hydroxylation sites is 1. The molecule has 0 saturated heterocycles. The van der Waals surface area contributed by atoms with Crippen LogP contribution in [0.4, 0.5) is 0 Å². The molecular weight excluding hydrogens is 314 g/mol. The number of hydrogen-bond acceptors (Lipinski definition) is 5. The highest BCUT2D eigenvalue weighted by Crippen LogP contribution is 2.32. The van der Waals surface area contributed by atoms with Crippen LogP contribution in [0, 0.1) is 0 Å². The largest absolute Gasteiger partial charge is 0.456 e. The second kappa shape index (κ2) is 5.10. The maximum atomic E-state index is 12.3. The Morgan fingerprint density at radius 3 is 2.57 bits per heavy atom. The van der Waals surface area contributed by atoms with E-state index in [9.17, 15) is 8.42 Å². The predicted octanol–water partition coefficient (Wildman–Crippen LogP) is 3.75. The van der Waals surface area contributed by atoms with Crippen LogP contribution in [0.15, 0.2) is 76.3 Å². The van der Waals surface area contributed by atoms with Crippen LogP contribution in [0.5, 0.6) is 5.75 Å². The second-order valence-corrected chi connectivity index (χ2v) is 6.53. The third-order valence-electron chi connectivity index (χ3n) is 3.48. The van der Waals surface area contributed by atoms with Gasteiger partial charge in [0.15, 0.2) is 0 Å². The zero-order chi connectivity index (χ0) is 15.9. The van der Waals surface area contributed by atoms with Gasteiger partial charge in [0.25, 0.3) is 0 Å². The normalized spacial score (nSPS) is 11.8. The van der Waals surface area contributed by atoms with Crippen molar-refractivity contribution in [1.29, 1.82) is 0 Å². The van der Waals surface area contributed by atoms with Gasteiger partial charge in [-0.05, 0) is 36.4 Å². The summed E-state index contributed by atoms with van der Waals surface area (Å²) in [5.41, 5.74) is 1.42. The maximum Gasteiger partial charge on any atom is 0.340 e. The lowest BCUT2D eigenvalue weighted by molar-refractivity contribution is 0.486. The Bertz CT molecular complexity index is 1100. The third-order valence-corrected chi connectivity index (χ3v) is 4.71. The van der Waals surface area contributed by atoms with Gasteiger partial charge < -0.3 is 8.60 Å². The number of nitrogens with zero attached hydrogens (tertiary/aromatic N) is 1. The van der Waals surface area contributed by atoms with Crippen LogP contribution in [0.25, 0.3) is 21.9 Å². The van der Waals surface area contributed by atoms with Gasteiger partial charge >= 0.3 is 10.1 Å². The van der Waals surface area contributed by atoms with Crippen molar-refractivity contribution in [1.82, 2.24) is 4.98 Å². The number of benzene rings is 2. The molecule has 4 aromatic rings. The molecular formula is C17H11NO4S. The van der Waals surface area contributed by atoms with E-state index in [2.05, 4.69) is 4.98 Å². The molecule has 0 unspecified atom stereocenters. The molecule has 23 heavy (non-hydrogen) atoms. The molecule has 0 N–H and O–H groups in total. The maximum absolute atomic E-state index is 12.3. The van der Waals surface area contributed by atoms with Gasteiger partial charge in [0, 0.05) is 23.2 Å². The van der Waals surface area contributed by atoms with Gasteiger partial charge in [-0.25, -0.2) is 0 Å². The Morgan fingerprint density at radius 1 is 0.913 bits per heavy atom. The van der Waals surface area contributed by atoms with Gasteiger partial charge in [0.1, 0.15) is 21.8 Å². The van der Waals surface area contributed by atoms with Crippen LogP contribution in [0.3, 0.4) is 0 Å². The molecule has 4 rings (SSSR count). The fraction of sp³-hybridized carbons (Fsp3) is 0. The third kappa shape index (κ3) is 2.43. The molecule has 0 aliphatic heterocycles. The summed E-state index contributed by atoms with van der Waals surface area (Å²) in [5.74, 6) is 0.230. The quantitative estimate of drug-likeness (QED) is 0.537. The van der Waals surface area contributed by atoms with E-state index in [1.165, 1.54) is 18.5 Å². The van der Waals surface area contributed by atoms with Crippen LogP contribution >= 0.6 is 0 Å². The van der Waals surface area contributed by atoms with Crippen molar-refractivity contribution in [3.8, 4) is 5.75 Å². The zero-order valence-electron chi connectivity index (χ0n) is 11.8. The lowest BCUT2D eigenvalue weighted by Crippen LogP contribution is -2.09. The molecule has 2 aromatic carbocycles. The van der Waals surface area contributed by atoms with Crippen molar-refractivity contribution in [3.63, 3.8) is 0 Å². The minimum atomic E-state index is -3.91. The number of fused-ring (bicyclic) bond motifs is 3. The van der Waals surface area contributed by atoms with Crippen molar-refractivity contribution in [3.05, 3.63) is 67.0 Å². The highest BCUT2D eigenvalue weighted by molar-refractivity contribution is 7.87. The van der Waals surface area contributed by atoms with Crippen molar-refractivity contribution in [2.45, 2.75) is 4.90 Å². The van der Waals surface area contributed by atoms with E-state index in [1.807, 2.05) is 24.3 Å². The van der Waals surface area contributed by atoms with E-state index in [4.69, 9.17) is 8.60 Å². The molecule has 2 aromatic heterocycles. The zero-order valence-corrected chi connectivity index (χ0v) is 12.7. The average Bonchev–Trinajstić information content (AvgIpc) is 2.93. The first kappa shape index (κ1) is 13.8. The number of furan rings is 1. The number of hydrogen-bond donors (Lipinski definition) is 0. The van der Waals surface area contributed by atoms with Crippen molar-refractivity contribution >= 4 is 32.1 Å². The van der Waals surface area contributed by atoms with Gasteiger partial charge in [-0.1, -0.05) is 18.2 Å². The fourth-order valence-electron chi connectivity index (χ4n) is 2.43. The van der Waals surface area contributed by atoms with Crippen LogP contribution in [-0.4, -0.2) is 13.4 Å². The monoisotopic (exact) mass is 325 g/mol. The second-order valence-electron chi connectivity index (χ2n) is 4.98. The molecule has 114 valence electrons. The standard InChI is InChI=1S/C17H11NO4S/c19-23(20,13-4-3-9-18-11-13)22-12-7-8-17-15(10-12)14-5-1-2-6-16(14)21-17/h1-11H. The Morgan fingerprint density at radius 2 is 1.74 bits per heavy atom. The summed E-state index contributed by atoms with van der Waals surface area (Å²) in [4.78, 5) is 3.81. The summed E-state index contributed by atoms with van der Waals surface area (Å²) in [5, 5.41) is 1.71. The predicted molar refractivity (Wildman–Crippen MR) is 85.8 cm³/mol. The molecule has 0 amide bonds. The van der Waals surface area contributed by atoms with E-state index in [0.717, 1.165) is 16.4 Å². The van der Waals surface area contributed by atoms with Crippen LogP contribution in [-0.2, 0) is 10.1 Å². The molecule has 0 bridgehead atoms. The van der Waals surface area contributed by atoms with Crippen LogP contribution in [0.2, 0.25) is 0 Å². The highest BCUT2D eigenvalue weighted by Gasteiger charge is 2.17. The van der Waals surface area contributed by atoms with Gasteiger partial charge in [-0.15, -0.1) is 0 Å². The Labute approximate surface area is 132 Å². The topological polar surface area (TPSA) is 69.4 Å². The molecule has 6 heteroatoms. The molecule has 0 aliphatic carbocycles. The molecule has 0 atom stereocenters. The van der Waals surface area contributed by atoms with Crippen molar-refractivity contribution in [2.24, 2.45) is 0 Å². The smallest absolute Gasteiger partial charge is 0.340 e. The van der Waals surface area contributed by atoms with Gasteiger partial charge in [-0.2, -0.15) is 8.42 Å². The van der Waals surface area contributed by atoms with Gasteiger partial charge in [0.2, 0.25) is 0 Å². The van der Waals surface area contributed by atoms with Gasteiger partial charge in [0.05, 0.1) is 0 Å². The first-order chi connectivity index (χ1) is 11.1. The average molecular weight is 325 g/mol. The summed E-state index contributed by atoms with van der Waals surface area (Å²) < 4.78 is 35.4. The Balaban J connectivity index is 1.79. The summed E-state index contributed by atoms with van der Waals surface area (Å²) in [6, 6.07) is 15.5. The number of pyridine rings is 1. The van der Waals surface area contributed by atoms with E-state index in [-0.39, 0.29) is 10.6 Å². The lowest BCUT2D eigenvalue weighted by atomic mass is 10.1. The highest BCUT2D eigenvalue weighted by atomic mass is 32.2. The van der Waals surface area contributed by atoms with E-state index < -0.39 is 10.1 Å². The minimum absolute atomic E-state index is 0.0112. The molecule has 0 radical (unpaired) electrons. The van der Waals surface area contributed by atoms with Crippen molar-refractivity contribution < 1.29 is 17.0 Å². The molecule has 0 saturated carbocycles. The Hall–Kier alpha value is -2.86. The molecule has 5 nitrogen and oxygen atoms in total. The lowest BCUT2D eigenvalue weighted by Gasteiger charge is -2.06. The minimum Gasteiger partial charge on any atom is -0.456 e. The molecule has 0 spiro atoms. The van der Waals surface area contributed by atoms with Crippen LogP contribution < -0.4 is 4.18 Å². The van der Waals surface area contributed by atoms with E-state index in [1.54, 1.807) is 24.3 Å². The number of aromatic nitrogens is 1.